The summed E-state index contributed by atoms with van der Waals surface area (Å²) in [6.45, 7) is 3.63. The van der Waals surface area contributed by atoms with E-state index in [0.717, 1.165) is 9.78 Å². The molecular weight excluding hydrogens is 459 g/mol. The number of aliphatic hydroxyl groups excluding tert-OH is 1. The summed E-state index contributed by atoms with van der Waals surface area (Å²) in [4.78, 5) is 33.3. The summed E-state index contributed by atoms with van der Waals surface area (Å²) in [6.07, 6.45) is 0. The number of furan rings is 1. The molecule has 172 valence electrons. The smallest absolute Gasteiger partial charge is 0.296 e. The fraction of sp³-hybridized carbons (Fsp3) is 0.160. The van der Waals surface area contributed by atoms with E-state index >= 15 is 0 Å². The first-order chi connectivity index (χ1) is 16.3. The molecule has 0 radical (unpaired) electrons. The minimum atomic E-state index is -1.22. The molecule has 1 aliphatic heterocycles. The van der Waals surface area contributed by atoms with Crippen molar-refractivity contribution in [3.8, 4) is 5.75 Å². The van der Waals surface area contributed by atoms with Crippen molar-refractivity contribution >= 4 is 39.1 Å². The summed E-state index contributed by atoms with van der Waals surface area (Å²) in [7, 11) is 1.48. The molecule has 0 fully saturated rings. The number of para-hydroxylation sites is 1. The van der Waals surface area contributed by atoms with Crippen LogP contribution in [-0.2, 0) is 4.79 Å². The van der Waals surface area contributed by atoms with E-state index in [4.69, 9.17) is 9.15 Å². The zero-order valence-electron chi connectivity index (χ0n) is 18.5. The fourth-order valence-corrected chi connectivity index (χ4v) is 4.96. The third-order valence-electron chi connectivity index (χ3n) is 5.83. The highest BCUT2D eigenvalue weighted by molar-refractivity contribution is 7.15. The number of aryl methyl sites for hydroxylation is 2. The molecule has 3 heterocycles. The minimum Gasteiger partial charge on any atom is -0.503 e. The Morgan fingerprint density at radius 1 is 1.21 bits per heavy atom. The van der Waals surface area contributed by atoms with Crippen molar-refractivity contribution in [2.24, 2.45) is 0 Å². The lowest BCUT2D eigenvalue weighted by Gasteiger charge is -2.24. The van der Waals surface area contributed by atoms with Crippen molar-refractivity contribution in [3.05, 3.63) is 87.6 Å². The van der Waals surface area contributed by atoms with Gasteiger partial charge < -0.3 is 14.3 Å². The minimum absolute atomic E-state index is 0.0578. The van der Waals surface area contributed by atoms with E-state index in [1.807, 2.05) is 6.92 Å². The number of amides is 1. The Kier molecular flexibility index (Phi) is 5.21. The number of nitrogens with zero attached hydrogens (tertiary/aromatic N) is 2. The van der Waals surface area contributed by atoms with Gasteiger partial charge in [-0.05, 0) is 32.0 Å². The molecule has 0 bridgehead atoms. The van der Waals surface area contributed by atoms with Gasteiger partial charge in [0.25, 0.3) is 5.91 Å². The van der Waals surface area contributed by atoms with Crippen molar-refractivity contribution < 1.29 is 28.2 Å². The Morgan fingerprint density at radius 3 is 2.65 bits per heavy atom. The molecule has 9 heteroatoms. The Morgan fingerprint density at radius 2 is 1.97 bits per heavy atom. The summed E-state index contributed by atoms with van der Waals surface area (Å²) < 4.78 is 26.0. The molecule has 0 spiro atoms. The SMILES string of the molecule is COc1cccc2cc(C(=O)C3=C(O)C(=O)N(c4nc(C)c(C)s4)[C@H]3c3ccccc3F)oc12. The maximum absolute atomic E-state index is 15.0. The van der Waals surface area contributed by atoms with Gasteiger partial charge in [-0.1, -0.05) is 30.3 Å². The highest BCUT2D eigenvalue weighted by atomic mass is 32.1. The summed E-state index contributed by atoms with van der Waals surface area (Å²) in [5.74, 6) is -2.64. The summed E-state index contributed by atoms with van der Waals surface area (Å²) >= 11 is 1.22. The quantitative estimate of drug-likeness (QED) is 0.384. The van der Waals surface area contributed by atoms with Crippen LogP contribution in [-0.4, -0.2) is 28.9 Å². The van der Waals surface area contributed by atoms with Crippen molar-refractivity contribution in [1.82, 2.24) is 4.98 Å². The third-order valence-corrected chi connectivity index (χ3v) is 6.90. The van der Waals surface area contributed by atoms with Crippen molar-refractivity contribution in [2.75, 3.05) is 12.0 Å². The first kappa shape index (κ1) is 21.8. The van der Waals surface area contributed by atoms with Gasteiger partial charge in [-0.3, -0.25) is 14.5 Å². The second kappa shape index (κ2) is 8.11. The Bertz CT molecular complexity index is 1480. The number of fused-ring (bicyclic) bond motifs is 1. The van der Waals surface area contributed by atoms with E-state index in [-0.39, 0.29) is 22.0 Å². The van der Waals surface area contributed by atoms with Crippen LogP contribution in [0.4, 0.5) is 9.52 Å². The van der Waals surface area contributed by atoms with E-state index in [1.165, 1.54) is 42.7 Å². The molecule has 5 rings (SSSR count). The van der Waals surface area contributed by atoms with Crippen LogP contribution in [0.15, 0.2) is 64.3 Å². The van der Waals surface area contributed by atoms with Gasteiger partial charge in [-0.15, -0.1) is 11.3 Å². The molecule has 0 saturated carbocycles. The number of ether oxygens (including phenoxy) is 1. The van der Waals surface area contributed by atoms with E-state index in [0.29, 0.717) is 22.4 Å². The maximum atomic E-state index is 15.0. The number of benzene rings is 2. The fourth-order valence-electron chi connectivity index (χ4n) is 4.03. The lowest BCUT2D eigenvalue weighted by Crippen LogP contribution is -2.31. The number of methoxy groups -OCH3 is 1. The molecule has 0 saturated heterocycles. The molecule has 7 nitrogen and oxygen atoms in total. The second-order valence-electron chi connectivity index (χ2n) is 7.82. The van der Waals surface area contributed by atoms with Crippen molar-refractivity contribution in [2.45, 2.75) is 19.9 Å². The number of halogens is 1. The number of Topliss-reactive ketones (excluding diaryl/α,β-unsaturated/α-hetero) is 1. The summed E-state index contributed by atoms with van der Waals surface area (Å²) in [5, 5.41) is 11.7. The second-order valence-corrected chi connectivity index (χ2v) is 9.00. The number of carbonyl (C=O) groups is 2. The van der Waals surface area contributed by atoms with E-state index in [1.54, 1.807) is 31.2 Å². The van der Waals surface area contributed by atoms with E-state index in [2.05, 4.69) is 4.98 Å². The monoisotopic (exact) mass is 478 g/mol. The number of anilines is 1. The van der Waals surface area contributed by atoms with Crippen LogP contribution in [0.1, 0.15) is 32.7 Å². The molecule has 0 unspecified atom stereocenters. The third kappa shape index (κ3) is 3.28. The van der Waals surface area contributed by atoms with E-state index in [9.17, 15) is 19.1 Å². The van der Waals surface area contributed by atoms with Crippen LogP contribution in [0.2, 0.25) is 0 Å². The number of hydrogen-bond donors (Lipinski definition) is 1. The maximum Gasteiger partial charge on any atom is 0.296 e. The van der Waals surface area contributed by atoms with Crippen molar-refractivity contribution in [1.29, 1.82) is 0 Å². The lowest BCUT2D eigenvalue weighted by molar-refractivity contribution is -0.117. The van der Waals surface area contributed by atoms with Gasteiger partial charge in [0.05, 0.1) is 18.4 Å². The number of rotatable bonds is 5. The normalized spacial score (nSPS) is 16.1. The number of thiazole rings is 1. The molecule has 4 aromatic rings. The largest absolute Gasteiger partial charge is 0.503 e. The van der Waals surface area contributed by atoms with Crippen LogP contribution in [0.25, 0.3) is 11.0 Å². The summed E-state index contributed by atoms with van der Waals surface area (Å²) in [5.41, 5.74) is 0.827. The average molecular weight is 479 g/mol. The molecular formula is C25H19FN2O5S. The van der Waals surface area contributed by atoms with Gasteiger partial charge in [0.1, 0.15) is 11.9 Å². The number of carbonyl (C=O) groups excluding carboxylic acids is 2. The number of aromatic nitrogens is 1. The average Bonchev–Trinajstić information content (AvgIpc) is 3.48. The Labute approximate surface area is 197 Å². The standard InChI is InChI=1S/C25H19FN2O5S/c1-12-13(2)34-25(27-12)28-20(15-8-4-5-9-16(15)26)19(22(30)24(28)31)21(29)18-11-14-7-6-10-17(32-3)23(14)33-18/h4-11,20,30H,1-3H3/t20-/m0/s1. The highest BCUT2D eigenvalue weighted by Crippen LogP contribution is 2.44. The van der Waals surface area contributed by atoms with Crippen molar-refractivity contribution in [3.63, 3.8) is 0 Å². The molecule has 1 amide bonds. The Hall–Kier alpha value is -3.98. The first-order valence-corrected chi connectivity index (χ1v) is 11.2. The van der Waals surface area contributed by atoms with Gasteiger partial charge in [0.15, 0.2) is 28.0 Å². The Balaban J connectivity index is 1.69. The molecule has 1 atom stereocenters. The molecule has 2 aromatic carbocycles. The van der Waals surface area contributed by atoms with Crippen LogP contribution >= 0.6 is 11.3 Å². The van der Waals surface area contributed by atoms with Crippen LogP contribution in [0.5, 0.6) is 5.75 Å². The number of ketones is 1. The predicted octanol–water partition coefficient (Wildman–Crippen LogP) is 5.44. The van der Waals surface area contributed by atoms with Gasteiger partial charge in [0.2, 0.25) is 5.78 Å². The first-order valence-electron chi connectivity index (χ1n) is 10.4. The lowest BCUT2D eigenvalue weighted by atomic mass is 9.95. The highest BCUT2D eigenvalue weighted by Gasteiger charge is 2.47. The van der Waals surface area contributed by atoms with Crippen LogP contribution < -0.4 is 9.64 Å². The van der Waals surface area contributed by atoms with Gasteiger partial charge in [-0.25, -0.2) is 9.37 Å². The molecule has 34 heavy (non-hydrogen) atoms. The zero-order chi connectivity index (χ0) is 24.1. The van der Waals surface area contributed by atoms with E-state index < -0.39 is 29.3 Å². The van der Waals surface area contributed by atoms with Crippen LogP contribution in [0.3, 0.4) is 0 Å². The number of hydrogen-bond acceptors (Lipinski definition) is 7. The van der Waals surface area contributed by atoms with Gasteiger partial charge in [0, 0.05) is 15.8 Å². The predicted molar refractivity (Wildman–Crippen MR) is 125 cm³/mol. The van der Waals surface area contributed by atoms with Crippen LogP contribution in [0, 0.1) is 19.7 Å². The topological polar surface area (TPSA) is 92.9 Å². The molecule has 2 aromatic heterocycles. The molecule has 1 aliphatic rings. The number of aliphatic hydroxyl groups is 1. The van der Waals surface area contributed by atoms with Gasteiger partial charge >= 0.3 is 0 Å². The van der Waals surface area contributed by atoms with Gasteiger partial charge in [-0.2, -0.15) is 0 Å². The zero-order valence-corrected chi connectivity index (χ0v) is 19.3. The molecule has 1 N–H and O–H groups in total. The molecule has 0 aliphatic carbocycles. The summed E-state index contributed by atoms with van der Waals surface area (Å²) in [6, 6.07) is 11.3.